The van der Waals surface area contributed by atoms with E-state index in [1.54, 1.807) is 13.2 Å². The van der Waals surface area contributed by atoms with Crippen LogP contribution < -0.4 is 5.32 Å². The topological polar surface area (TPSA) is 55.4 Å². The second-order valence-electron chi connectivity index (χ2n) is 3.34. The molecule has 13 heavy (non-hydrogen) atoms. The summed E-state index contributed by atoms with van der Waals surface area (Å²) in [4.78, 5) is 22.6. The van der Waals surface area contributed by atoms with Crippen molar-refractivity contribution in [2.45, 2.75) is 12.5 Å². The Hall–Kier alpha value is -1.16. The standard InChI is InChI=1S/C9H11NO3/c1-13-6-4-2-3-5-7(6)9(12)10-8(5)11/h2-3,5-7H,4H2,1H3,(H,10,11,12). The average molecular weight is 181 g/mol. The van der Waals surface area contributed by atoms with E-state index in [1.807, 2.05) is 6.08 Å². The molecule has 1 heterocycles. The molecule has 0 radical (unpaired) electrons. The first-order valence-electron chi connectivity index (χ1n) is 4.28. The van der Waals surface area contributed by atoms with Gasteiger partial charge in [-0.2, -0.15) is 0 Å². The van der Waals surface area contributed by atoms with Crippen molar-refractivity contribution in [2.24, 2.45) is 11.8 Å². The predicted molar refractivity (Wildman–Crippen MR) is 44.7 cm³/mol. The molecule has 0 aromatic heterocycles. The SMILES string of the molecule is COC1CC=CC2C(=O)NC(=O)C12. The average Bonchev–Trinajstić information content (AvgIpc) is 2.43. The summed E-state index contributed by atoms with van der Waals surface area (Å²) in [5.41, 5.74) is 0. The van der Waals surface area contributed by atoms with E-state index in [1.165, 1.54) is 0 Å². The molecule has 0 spiro atoms. The minimum Gasteiger partial charge on any atom is -0.380 e. The normalized spacial score (nSPS) is 37.5. The zero-order valence-electron chi connectivity index (χ0n) is 7.32. The Morgan fingerprint density at radius 2 is 2.23 bits per heavy atom. The van der Waals surface area contributed by atoms with Crippen LogP contribution in [0.25, 0.3) is 0 Å². The number of carbonyl (C=O) groups is 2. The summed E-state index contributed by atoms with van der Waals surface area (Å²) in [5, 5.41) is 2.31. The molecule has 0 saturated carbocycles. The van der Waals surface area contributed by atoms with Crippen molar-refractivity contribution < 1.29 is 14.3 Å². The van der Waals surface area contributed by atoms with Crippen molar-refractivity contribution in [2.75, 3.05) is 7.11 Å². The summed E-state index contributed by atoms with van der Waals surface area (Å²) >= 11 is 0. The van der Waals surface area contributed by atoms with Crippen molar-refractivity contribution in [3.8, 4) is 0 Å². The maximum absolute atomic E-state index is 11.3. The second kappa shape index (κ2) is 2.96. The minimum atomic E-state index is -0.317. The zero-order chi connectivity index (χ0) is 9.42. The quantitative estimate of drug-likeness (QED) is 0.452. The Labute approximate surface area is 75.9 Å². The number of hydrogen-bond acceptors (Lipinski definition) is 3. The summed E-state index contributed by atoms with van der Waals surface area (Å²) < 4.78 is 5.16. The van der Waals surface area contributed by atoms with Crippen LogP contribution in [0, 0.1) is 11.8 Å². The summed E-state index contributed by atoms with van der Waals surface area (Å²) in [7, 11) is 1.57. The largest absolute Gasteiger partial charge is 0.380 e. The van der Waals surface area contributed by atoms with Gasteiger partial charge in [-0.25, -0.2) is 0 Å². The van der Waals surface area contributed by atoms with E-state index in [9.17, 15) is 9.59 Å². The molecule has 0 bridgehead atoms. The van der Waals surface area contributed by atoms with Crippen molar-refractivity contribution in [3.63, 3.8) is 0 Å². The Kier molecular flexibility index (Phi) is 1.92. The van der Waals surface area contributed by atoms with Crippen LogP contribution in [0.15, 0.2) is 12.2 Å². The molecule has 1 N–H and O–H groups in total. The molecule has 1 aliphatic carbocycles. The molecule has 2 aliphatic rings. The van der Waals surface area contributed by atoms with E-state index < -0.39 is 0 Å². The summed E-state index contributed by atoms with van der Waals surface area (Å²) in [6.45, 7) is 0. The minimum absolute atomic E-state index is 0.151. The van der Waals surface area contributed by atoms with E-state index >= 15 is 0 Å². The van der Waals surface area contributed by atoms with Crippen LogP contribution in [-0.4, -0.2) is 25.0 Å². The molecule has 3 atom stereocenters. The fourth-order valence-electron chi connectivity index (χ4n) is 1.97. The fraction of sp³-hybridized carbons (Fsp3) is 0.556. The molecule has 1 fully saturated rings. The van der Waals surface area contributed by atoms with E-state index in [0.29, 0.717) is 6.42 Å². The summed E-state index contributed by atoms with van der Waals surface area (Å²) in [5.74, 6) is -1.03. The van der Waals surface area contributed by atoms with Crippen LogP contribution in [0.3, 0.4) is 0 Å². The molecule has 4 heteroatoms. The van der Waals surface area contributed by atoms with Gasteiger partial charge in [0.05, 0.1) is 17.9 Å². The lowest BCUT2D eigenvalue weighted by molar-refractivity contribution is -0.127. The third-order valence-corrected chi connectivity index (χ3v) is 2.65. The molecule has 1 saturated heterocycles. The third kappa shape index (κ3) is 1.18. The number of amides is 2. The van der Waals surface area contributed by atoms with Gasteiger partial charge in [-0.15, -0.1) is 0 Å². The van der Waals surface area contributed by atoms with Gasteiger partial charge in [-0.1, -0.05) is 12.2 Å². The highest BCUT2D eigenvalue weighted by molar-refractivity contribution is 6.06. The molecule has 4 nitrogen and oxygen atoms in total. The molecule has 2 rings (SSSR count). The van der Waals surface area contributed by atoms with Gasteiger partial charge in [0.2, 0.25) is 11.8 Å². The molecule has 3 unspecified atom stereocenters. The maximum atomic E-state index is 11.3. The Bertz CT molecular complexity index is 285. The number of nitrogens with one attached hydrogen (secondary N) is 1. The highest BCUT2D eigenvalue weighted by atomic mass is 16.5. The van der Waals surface area contributed by atoms with Gasteiger partial charge < -0.3 is 4.74 Å². The Morgan fingerprint density at radius 3 is 2.92 bits per heavy atom. The first kappa shape index (κ1) is 8.44. The van der Waals surface area contributed by atoms with E-state index in [-0.39, 0.29) is 29.8 Å². The van der Waals surface area contributed by atoms with Crippen molar-refractivity contribution >= 4 is 11.8 Å². The van der Waals surface area contributed by atoms with Gasteiger partial charge in [0, 0.05) is 7.11 Å². The van der Waals surface area contributed by atoms with Crippen LogP contribution in [0.4, 0.5) is 0 Å². The van der Waals surface area contributed by atoms with Crippen molar-refractivity contribution in [1.82, 2.24) is 5.32 Å². The van der Waals surface area contributed by atoms with Gasteiger partial charge in [0.15, 0.2) is 0 Å². The van der Waals surface area contributed by atoms with Gasteiger partial charge >= 0.3 is 0 Å². The zero-order valence-corrected chi connectivity index (χ0v) is 7.32. The highest BCUT2D eigenvalue weighted by Gasteiger charge is 2.46. The van der Waals surface area contributed by atoms with Gasteiger partial charge in [0.25, 0.3) is 0 Å². The Morgan fingerprint density at radius 1 is 1.46 bits per heavy atom. The Balaban J connectivity index is 2.30. The van der Waals surface area contributed by atoms with E-state index in [4.69, 9.17) is 4.74 Å². The van der Waals surface area contributed by atoms with Crippen LogP contribution in [0.5, 0.6) is 0 Å². The summed E-state index contributed by atoms with van der Waals surface area (Å²) in [6, 6.07) is 0. The number of imide groups is 1. The van der Waals surface area contributed by atoms with Crippen LogP contribution in [0.2, 0.25) is 0 Å². The third-order valence-electron chi connectivity index (χ3n) is 2.65. The van der Waals surface area contributed by atoms with Gasteiger partial charge in [-0.05, 0) is 6.42 Å². The molecular formula is C9H11NO3. The molecule has 0 aromatic carbocycles. The number of hydrogen-bond donors (Lipinski definition) is 1. The molecular weight excluding hydrogens is 170 g/mol. The molecule has 1 aliphatic heterocycles. The monoisotopic (exact) mass is 181 g/mol. The van der Waals surface area contributed by atoms with Gasteiger partial charge in [-0.3, -0.25) is 14.9 Å². The fourth-order valence-corrected chi connectivity index (χ4v) is 1.97. The maximum Gasteiger partial charge on any atom is 0.234 e. The highest BCUT2D eigenvalue weighted by Crippen LogP contribution is 2.31. The number of carbonyl (C=O) groups excluding carboxylic acids is 2. The van der Waals surface area contributed by atoms with Crippen molar-refractivity contribution in [1.29, 1.82) is 0 Å². The number of methoxy groups -OCH3 is 1. The smallest absolute Gasteiger partial charge is 0.234 e. The first-order valence-corrected chi connectivity index (χ1v) is 4.28. The summed E-state index contributed by atoms with van der Waals surface area (Å²) in [6.07, 6.45) is 4.24. The lowest BCUT2D eigenvalue weighted by Crippen LogP contribution is -2.34. The first-order chi connectivity index (χ1) is 6.24. The van der Waals surface area contributed by atoms with E-state index in [0.717, 1.165) is 0 Å². The molecule has 0 aromatic rings. The predicted octanol–water partition coefficient (Wildman–Crippen LogP) is -0.150. The molecule has 2 amide bonds. The van der Waals surface area contributed by atoms with Gasteiger partial charge in [0.1, 0.15) is 0 Å². The van der Waals surface area contributed by atoms with Crippen LogP contribution >= 0.6 is 0 Å². The second-order valence-corrected chi connectivity index (χ2v) is 3.34. The van der Waals surface area contributed by atoms with E-state index in [2.05, 4.69) is 5.32 Å². The van der Waals surface area contributed by atoms with Crippen LogP contribution in [-0.2, 0) is 14.3 Å². The lowest BCUT2D eigenvalue weighted by Gasteiger charge is -2.24. The number of rotatable bonds is 1. The lowest BCUT2D eigenvalue weighted by atomic mass is 9.83. The molecule has 70 valence electrons. The van der Waals surface area contributed by atoms with Crippen molar-refractivity contribution in [3.05, 3.63) is 12.2 Å². The number of ether oxygens (including phenoxy) is 1. The van der Waals surface area contributed by atoms with Crippen LogP contribution in [0.1, 0.15) is 6.42 Å². The number of fused-ring (bicyclic) bond motifs is 1.